The standard InChI is InChI=1S/C12H10ClN/c13-12-7-6-10(14)8-11(12)9-4-2-1-3-5-9/h1-8H,14H2. The third-order valence-corrected chi connectivity index (χ3v) is 2.40. The van der Waals surface area contributed by atoms with E-state index in [9.17, 15) is 0 Å². The van der Waals surface area contributed by atoms with Crippen molar-refractivity contribution in [2.24, 2.45) is 0 Å². The van der Waals surface area contributed by atoms with Crippen molar-refractivity contribution in [3.63, 3.8) is 0 Å². The molecule has 1 nitrogen and oxygen atoms in total. The highest BCUT2D eigenvalue weighted by molar-refractivity contribution is 6.33. The summed E-state index contributed by atoms with van der Waals surface area (Å²) >= 11 is 6.08. The van der Waals surface area contributed by atoms with Gasteiger partial charge in [-0.3, -0.25) is 0 Å². The van der Waals surface area contributed by atoms with Gasteiger partial charge in [0, 0.05) is 16.3 Å². The van der Waals surface area contributed by atoms with Crippen LogP contribution in [-0.4, -0.2) is 0 Å². The Morgan fingerprint density at radius 2 is 1.64 bits per heavy atom. The van der Waals surface area contributed by atoms with Crippen molar-refractivity contribution >= 4 is 17.3 Å². The van der Waals surface area contributed by atoms with Crippen LogP contribution in [0.5, 0.6) is 0 Å². The molecule has 2 heteroatoms. The van der Waals surface area contributed by atoms with Crippen LogP contribution in [0.2, 0.25) is 5.02 Å². The van der Waals surface area contributed by atoms with Crippen molar-refractivity contribution in [2.45, 2.75) is 0 Å². The minimum Gasteiger partial charge on any atom is -0.399 e. The number of hydrogen-bond donors (Lipinski definition) is 1. The van der Waals surface area contributed by atoms with E-state index in [1.54, 1.807) is 6.07 Å². The summed E-state index contributed by atoms with van der Waals surface area (Å²) in [6, 6.07) is 15.5. The summed E-state index contributed by atoms with van der Waals surface area (Å²) in [6.07, 6.45) is 0. The molecule has 0 aliphatic rings. The van der Waals surface area contributed by atoms with Crippen LogP contribution in [-0.2, 0) is 0 Å². The monoisotopic (exact) mass is 203 g/mol. The first kappa shape index (κ1) is 9.10. The largest absolute Gasteiger partial charge is 0.399 e. The Kier molecular flexibility index (Phi) is 2.42. The van der Waals surface area contributed by atoms with Gasteiger partial charge in [0.05, 0.1) is 0 Å². The topological polar surface area (TPSA) is 26.0 Å². The number of halogens is 1. The smallest absolute Gasteiger partial charge is 0.0485 e. The van der Waals surface area contributed by atoms with Gasteiger partial charge in [-0.15, -0.1) is 0 Å². The molecule has 2 rings (SSSR count). The molecule has 0 saturated carbocycles. The number of nitrogens with two attached hydrogens (primary N) is 1. The number of anilines is 1. The predicted octanol–water partition coefficient (Wildman–Crippen LogP) is 3.59. The highest BCUT2D eigenvalue weighted by Gasteiger charge is 2.02. The van der Waals surface area contributed by atoms with Gasteiger partial charge in [-0.1, -0.05) is 41.9 Å². The summed E-state index contributed by atoms with van der Waals surface area (Å²) < 4.78 is 0. The summed E-state index contributed by atoms with van der Waals surface area (Å²) in [6.45, 7) is 0. The van der Waals surface area contributed by atoms with Crippen LogP contribution in [0.4, 0.5) is 5.69 Å². The second-order valence-corrected chi connectivity index (χ2v) is 3.51. The van der Waals surface area contributed by atoms with Gasteiger partial charge >= 0.3 is 0 Å². The van der Waals surface area contributed by atoms with Gasteiger partial charge in [-0.2, -0.15) is 0 Å². The molecule has 0 radical (unpaired) electrons. The maximum atomic E-state index is 6.08. The molecule has 70 valence electrons. The van der Waals surface area contributed by atoms with Gasteiger partial charge in [0.1, 0.15) is 0 Å². The molecule has 0 aromatic heterocycles. The second kappa shape index (κ2) is 3.72. The van der Waals surface area contributed by atoms with Crippen molar-refractivity contribution in [1.82, 2.24) is 0 Å². The minimum atomic E-state index is 0.727. The molecule has 0 heterocycles. The lowest BCUT2D eigenvalue weighted by Crippen LogP contribution is -1.86. The number of hydrogen-bond acceptors (Lipinski definition) is 1. The van der Waals surface area contributed by atoms with E-state index in [0.29, 0.717) is 0 Å². The molecule has 2 aromatic carbocycles. The molecule has 0 aliphatic heterocycles. The quantitative estimate of drug-likeness (QED) is 0.705. The summed E-state index contributed by atoms with van der Waals surface area (Å²) in [5.41, 5.74) is 8.50. The summed E-state index contributed by atoms with van der Waals surface area (Å²) in [4.78, 5) is 0. The van der Waals surface area contributed by atoms with Crippen LogP contribution >= 0.6 is 11.6 Å². The fraction of sp³-hybridized carbons (Fsp3) is 0. The van der Waals surface area contributed by atoms with Crippen LogP contribution in [0.1, 0.15) is 0 Å². The fourth-order valence-corrected chi connectivity index (χ4v) is 1.61. The Labute approximate surface area is 88.1 Å². The van der Waals surface area contributed by atoms with E-state index in [2.05, 4.69) is 0 Å². The second-order valence-electron chi connectivity index (χ2n) is 3.11. The zero-order valence-electron chi connectivity index (χ0n) is 7.57. The molecule has 0 fully saturated rings. The normalized spacial score (nSPS) is 10.1. The fourth-order valence-electron chi connectivity index (χ4n) is 1.38. The molecule has 0 amide bonds. The Morgan fingerprint density at radius 3 is 2.36 bits per heavy atom. The maximum Gasteiger partial charge on any atom is 0.0485 e. The number of nitrogen functional groups attached to an aromatic ring is 1. The average Bonchev–Trinajstić information content (AvgIpc) is 2.23. The molecular weight excluding hydrogens is 194 g/mol. The molecule has 0 atom stereocenters. The van der Waals surface area contributed by atoms with Crippen molar-refractivity contribution in [3.8, 4) is 11.1 Å². The Morgan fingerprint density at radius 1 is 0.929 bits per heavy atom. The lowest BCUT2D eigenvalue weighted by atomic mass is 10.1. The van der Waals surface area contributed by atoms with E-state index in [1.807, 2.05) is 42.5 Å². The van der Waals surface area contributed by atoms with Crippen molar-refractivity contribution < 1.29 is 0 Å². The number of rotatable bonds is 1. The summed E-state index contributed by atoms with van der Waals surface area (Å²) in [5, 5.41) is 0.727. The van der Waals surface area contributed by atoms with Crippen LogP contribution in [0.15, 0.2) is 48.5 Å². The summed E-state index contributed by atoms with van der Waals surface area (Å²) in [7, 11) is 0. The van der Waals surface area contributed by atoms with E-state index in [1.165, 1.54) is 0 Å². The molecule has 0 spiro atoms. The van der Waals surface area contributed by atoms with Crippen LogP contribution in [0.25, 0.3) is 11.1 Å². The first-order chi connectivity index (χ1) is 6.77. The molecule has 0 unspecified atom stereocenters. The molecule has 0 aliphatic carbocycles. The maximum absolute atomic E-state index is 6.08. The van der Waals surface area contributed by atoms with E-state index < -0.39 is 0 Å². The highest BCUT2D eigenvalue weighted by Crippen LogP contribution is 2.29. The van der Waals surface area contributed by atoms with Crippen molar-refractivity contribution in [2.75, 3.05) is 5.73 Å². The van der Waals surface area contributed by atoms with Gasteiger partial charge in [0.2, 0.25) is 0 Å². The molecule has 0 saturated heterocycles. The van der Waals surface area contributed by atoms with Crippen molar-refractivity contribution in [3.05, 3.63) is 53.6 Å². The molecule has 2 N–H and O–H groups in total. The average molecular weight is 204 g/mol. The molecule has 14 heavy (non-hydrogen) atoms. The molecule has 2 aromatic rings. The van der Waals surface area contributed by atoms with Gasteiger partial charge in [-0.05, 0) is 23.8 Å². The van der Waals surface area contributed by atoms with Crippen LogP contribution < -0.4 is 5.73 Å². The molecular formula is C12H10ClN. The highest BCUT2D eigenvalue weighted by atomic mass is 35.5. The lowest BCUT2D eigenvalue weighted by Gasteiger charge is -2.04. The van der Waals surface area contributed by atoms with Gasteiger partial charge in [0.25, 0.3) is 0 Å². The summed E-state index contributed by atoms with van der Waals surface area (Å²) in [5.74, 6) is 0. The van der Waals surface area contributed by atoms with Crippen LogP contribution in [0, 0.1) is 0 Å². The van der Waals surface area contributed by atoms with Crippen molar-refractivity contribution in [1.29, 1.82) is 0 Å². The first-order valence-electron chi connectivity index (χ1n) is 4.38. The first-order valence-corrected chi connectivity index (χ1v) is 4.75. The number of benzene rings is 2. The van der Waals surface area contributed by atoms with Gasteiger partial charge in [0.15, 0.2) is 0 Å². The van der Waals surface area contributed by atoms with Crippen LogP contribution in [0.3, 0.4) is 0 Å². The van der Waals surface area contributed by atoms with E-state index in [-0.39, 0.29) is 0 Å². The SMILES string of the molecule is Nc1ccc(Cl)c(-c2ccccc2)c1. The third kappa shape index (κ3) is 1.73. The van der Waals surface area contributed by atoms with Gasteiger partial charge in [-0.25, -0.2) is 0 Å². The van der Waals surface area contributed by atoms with Gasteiger partial charge < -0.3 is 5.73 Å². The Bertz CT molecular complexity index is 437. The lowest BCUT2D eigenvalue weighted by molar-refractivity contribution is 1.61. The zero-order chi connectivity index (χ0) is 9.97. The Balaban J connectivity index is 2.57. The molecule has 0 bridgehead atoms. The third-order valence-electron chi connectivity index (χ3n) is 2.08. The predicted molar refractivity (Wildman–Crippen MR) is 61.3 cm³/mol. The van der Waals surface area contributed by atoms with E-state index in [0.717, 1.165) is 21.8 Å². The van der Waals surface area contributed by atoms with E-state index in [4.69, 9.17) is 17.3 Å². The Hall–Kier alpha value is -1.47. The zero-order valence-corrected chi connectivity index (χ0v) is 8.33. The minimum absolute atomic E-state index is 0.727. The van der Waals surface area contributed by atoms with E-state index >= 15 is 0 Å².